The number of nitrogens with one attached hydrogen (secondary N) is 2. The Bertz CT molecular complexity index is 961. The number of rotatable bonds is 15. The first-order valence-corrected chi connectivity index (χ1v) is 15.3. The molecule has 3 N–H and O–H groups in total. The number of carbonyl (C=O) groups is 3. The third-order valence-electron chi connectivity index (χ3n) is 6.77. The van der Waals surface area contributed by atoms with Crippen molar-refractivity contribution in [2.75, 3.05) is 11.9 Å². The molecule has 1 aliphatic rings. The zero-order valence-electron chi connectivity index (χ0n) is 26.4. The number of Topliss-reactive ketones (excluding diaryl/α,β-unsaturated/α-hetero) is 1. The molecule has 226 valence electrons. The molecule has 40 heavy (non-hydrogen) atoms. The Morgan fingerprint density at radius 1 is 0.975 bits per heavy atom. The highest BCUT2D eigenvalue weighted by molar-refractivity contribution is 6.01. The van der Waals surface area contributed by atoms with Crippen LogP contribution in [0.25, 0.3) is 5.57 Å². The first-order chi connectivity index (χ1) is 19.1. The number of allylic oxidation sites excluding steroid dienone is 3. The summed E-state index contributed by atoms with van der Waals surface area (Å²) >= 11 is 0. The van der Waals surface area contributed by atoms with Crippen LogP contribution in [-0.2, 0) is 9.59 Å². The summed E-state index contributed by atoms with van der Waals surface area (Å²) in [4.78, 5) is 33.5. The number of aliphatic hydroxyl groups is 1. The van der Waals surface area contributed by atoms with Crippen LogP contribution in [0.15, 0.2) is 36.1 Å². The molecule has 6 heteroatoms. The smallest absolute Gasteiger partial charge is 0.229 e. The number of imide groups is 1. The third-order valence-corrected chi connectivity index (χ3v) is 6.77. The molecule has 1 aromatic carbocycles. The number of hydrogen-bond acceptors (Lipinski definition) is 5. The second-order valence-corrected chi connectivity index (χ2v) is 10.7. The van der Waals surface area contributed by atoms with E-state index >= 15 is 0 Å². The third kappa shape index (κ3) is 15.6. The fourth-order valence-electron chi connectivity index (χ4n) is 4.20. The van der Waals surface area contributed by atoms with Crippen LogP contribution < -0.4 is 10.6 Å². The molecule has 0 aromatic heterocycles. The molecule has 0 saturated carbocycles. The van der Waals surface area contributed by atoms with Crippen molar-refractivity contribution in [2.24, 2.45) is 5.92 Å². The molecule has 1 fully saturated rings. The van der Waals surface area contributed by atoms with E-state index in [-0.39, 0.29) is 23.5 Å². The monoisotopic (exact) mass is 556 g/mol. The Labute approximate surface area is 244 Å². The summed E-state index contributed by atoms with van der Waals surface area (Å²) in [5.74, 6) is 0.508. The van der Waals surface area contributed by atoms with Crippen LogP contribution in [0.3, 0.4) is 0 Å². The lowest BCUT2D eigenvalue weighted by Gasteiger charge is -2.15. The number of piperidine rings is 1. The summed E-state index contributed by atoms with van der Waals surface area (Å²) in [5.41, 5.74) is 4.80. The Morgan fingerprint density at radius 2 is 1.57 bits per heavy atom. The SMILES string of the molecule is C=C(C)c1cc(NCCCCCCCCCC(O)=C(C)C)ccc1C(=O)CCC.CC.CC1CCC(=O)NC1=O. The summed E-state index contributed by atoms with van der Waals surface area (Å²) in [5, 5.41) is 15.4. The topological polar surface area (TPSA) is 95.5 Å². The molecule has 0 aliphatic carbocycles. The molecule has 1 unspecified atom stereocenters. The predicted octanol–water partition coefficient (Wildman–Crippen LogP) is 9.17. The normalized spacial score (nSPS) is 14.1. The van der Waals surface area contributed by atoms with Crippen molar-refractivity contribution in [1.82, 2.24) is 5.32 Å². The van der Waals surface area contributed by atoms with Crippen molar-refractivity contribution >= 4 is 28.9 Å². The van der Waals surface area contributed by atoms with Crippen LogP contribution in [0, 0.1) is 5.92 Å². The molecule has 6 nitrogen and oxygen atoms in total. The van der Waals surface area contributed by atoms with Crippen molar-refractivity contribution in [2.45, 2.75) is 126 Å². The van der Waals surface area contributed by atoms with E-state index in [2.05, 4.69) is 23.3 Å². The largest absolute Gasteiger partial charge is 0.512 e. The van der Waals surface area contributed by atoms with Gasteiger partial charge in [0.1, 0.15) is 0 Å². The summed E-state index contributed by atoms with van der Waals surface area (Å²) in [6.07, 6.45) is 11.9. The molecule has 0 spiro atoms. The van der Waals surface area contributed by atoms with Gasteiger partial charge in [-0.05, 0) is 75.8 Å². The highest BCUT2D eigenvalue weighted by atomic mass is 16.3. The van der Waals surface area contributed by atoms with Crippen LogP contribution in [0.4, 0.5) is 5.69 Å². The van der Waals surface area contributed by atoms with E-state index in [0.29, 0.717) is 25.0 Å². The van der Waals surface area contributed by atoms with Gasteiger partial charge in [-0.2, -0.15) is 0 Å². The second-order valence-electron chi connectivity index (χ2n) is 10.7. The van der Waals surface area contributed by atoms with Crippen molar-refractivity contribution in [3.63, 3.8) is 0 Å². The van der Waals surface area contributed by atoms with Gasteiger partial charge >= 0.3 is 0 Å². The maximum atomic E-state index is 12.3. The molecule has 2 amide bonds. The minimum absolute atomic E-state index is 0.0164. The maximum absolute atomic E-state index is 12.3. The van der Waals surface area contributed by atoms with Gasteiger partial charge in [-0.3, -0.25) is 19.7 Å². The molecular weight excluding hydrogens is 500 g/mol. The number of ketones is 1. The minimum Gasteiger partial charge on any atom is -0.512 e. The van der Waals surface area contributed by atoms with Gasteiger partial charge in [0.2, 0.25) is 11.8 Å². The quantitative estimate of drug-likeness (QED) is 0.0866. The predicted molar refractivity (Wildman–Crippen MR) is 170 cm³/mol. The molecule has 1 aromatic rings. The Morgan fingerprint density at radius 3 is 2.10 bits per heavy atom. The first kappa shape index (κ1) is 37.1. The number of unbranched alkanes of at least 4 members (excludes halogenated alkanes) is 6. The lowest BCUT2D eigenvalue weighted by Crippen LogP contribution is -2.39. The first-order valence-electron chi connectivity index (χ1n) is 15.3. The van der Waals surface area contributed by atoms with Gasteiger partial charge in [-0.15, -0.1) is 0 Å². The average molecular weight is 557 g/mol. The van der Waals surface area contributed by atoms with Crippen LogP contribution in [0.5, 0.6) is 0 Å². The van der Waals surface area contributed by atoms with Gasteiger partial charge in [0.15, 0.2) is 5.78 Å². The van der Waals surface area contributed by atoms with Gasteiger partial charge in [0.25, 0.3) is 0 Å². The number of hydrogen-bond donors (Lipinski definition) is 3. The van der Waals surface area contributed by atoms with Crippen LogP contribution >= 0.6 is 0 Å². The van der Waals surface area contributed by atoms with E-state index in [4.69, 9.17) is 0 Å². The molecule has 1 heterocycles. The molecule has 1 aliphatic heterocycles. The van der Waals surface area contributed by atoms with Crippen molar-refractivity contribution in [3.05, 3.63) is 47.2 Å². The number of amides is 2. The number of carbonyl (C=O) groups excluding carboxylic acids is 3. The summed E-state index contributed by atoms with van der Waals surface area (Å²) in [7, 11) is 0. The van der Waals surface area contributed by atoms with E-state index in [9.17, 15) is 19.5 Å². The summed E-state index contributed by atoms with van der Waals surface area (Å²) in [6, 6.07) is 6.02. The Hall–Kier alpha value is -2.89. The molecule has 0 radical (unpaired) electrons. The lowest BCUT2D eigenvalue weighted by molar-refractivity contribution is -0.135. The fourth-order valence-corrected chi connectivity index (χ4v) is 4.20. The van der Waals surface area contributed by atoms with Crippen molar-refractivity contribution < 1.29 is 19.5 Å². The van der Waals surface area contributed by atoms with Gasteiger partial charge in [0.05, 0.1) is 5.76 Å². The van der Waals surface area contributed by atoms with E-state index < -0.39 is 0 Å². The van der Waals surface area contributed by atoms with Gasteiger partial charge < -0.3 is 10.4 Å². The van der Waals surface area contributed by atoms with Crippen LogP contribution in [0.2, 0.25) is 0 Å². The van der Waals surface area contributed by atoms with E-state index in [1.54, 1.807) is 0 Å². The maximum Gasteiger partial charge on any atom is 0.229 e. The van der Waals surface area contributed by atoms with Crippen LogP contribution in [-0.4, -0.2) is 29.2 Å². The number of anilines is 1. The molecule has 0 bridgehead atoms. The van der Waals surface area contributed by atoms with E-state index in [0.717, 1.165) is 60.2 Å². The molecule has 1 saturated heterocycles. The van der Waals surface area contributed by atoms with Gasteiger partial charge in [-0.1, -0.05) is 72.0 Å². The Balaban J connectivity index is 0.00000115. The number of aliphatic hydroxyl groups excluding tert-OH is 1. The van der Waals surface area contributed by atoms with Gasteiger partial charge in [0, 0.05) is 43.0 Å². The highest BCUT2D eigenvalue weighted by Gasteiger charge is 2.21. The fraction of sp³-hybridized carbons (Fsp3) is 0.618. The zero-order chi connectivity index (χ0) is 30.5. The second kappa shape index (κ2) is 21.9. The molecule has 1 atom stereocenters. The standard InChI is InChI=1S/C26H41NO2.C6H9NO2.C2H6/c1-6-14-26(29)23-17-16-22(19-24(23)20(2)3)27-18-13-11-9-7-8-10-12-15-25(28)21(4)5;1-4-2-3-5(8)7-6(4)9;1-2/h16-17,19,27-28H,2,6-15,18H2,1,3-5H3;4H,2-3H2,1H3,(H,7,8,9);1-2H3. The van der Waals surface area contributed by atoms with Crippen molar-refractivity contribution in [1.29, 1.82) is 0 Å². The number of benzene rings is 1. The average Bonchev–Trinajstić information content (AvgIpc) is 2.93. The van der Waals surface area contributed by atoms with Gasteiger partial charge in [-0.25, -0.2) is 0 Å². The molecule has 2 rings (SSSR count). The minimum atomic E-state index is -0.141. The summed E-state index contributed by atoms with van der Waals surface area (Å²) < 4.78 is 0. The molecular formula is C34H56N2O4. The Kier molecular flexibility index (Phi) is 20.3. The van der Waals surface area contributed by atoms with E-state index in [1.807, 2.05) is 60.6 Å². The van der Waals surface area contributed by atoms with Crippen molar-refractivity contribution in [3.8, 4) is 0 Å². The zero-order valence-corrected chi connectivity index (χ0v) is 26.4. The summed E-state index contributed by atoms with van der Waals surface area (Å²) in [6.45, 7) is 18.7. The van der Waals surface area contributed by atoms with E-state index in [1.165, 1.54) is 32.1 Å². The van der Waals surface area contributed by atoms with Crippen LogP contribution in [0.1, 0.15) is 141 Å². The highest BCUT2D eigenvalue weighted by Crippen LogP contribution is 2.24. The lowest BCUT2D eigenvalue weighted by atomic mass is 9.96.